The Bertz CT molecular complexity index is 604. The van der Waals surface area contributed by atoms with Gasteiger partial charge >= 0.3 is 0 Å². The van der Waals surface area contributed by atoms with Crippen LogP contribution in [0.5, 0.6) is 0 Å². The van der Waals surface area contributed by atoms with Crippen molar-refractivity contribution in [2.75, 3.05) is 5.73 Å². The second-order valence-electron chi connectivity index (χ2n) is 3.69. The van der Waals surface area contributed by atoms with Crippen molar-refractivity contribution in [3.8, 4) is 0 Å². The van der Waals surface area contributed by atoms with Crippen LogP contribution >= 0.6 is 31.9 Å². The molecule has 6 heteroatoms. The summed E-state index contributed by atoms with van der Waals surface area (Å²) in [6.07, 6.45) is 3.42. The average Bonchev–Trinajstić information content (AvgIpc) is 2.28. The lowest BCUT2D eigenvalue weighted by atomic mass is 10.3. The number of anilines is 1. The normalized spacial score (nSPS) is 12.3. The van der Waals surface area contributed by atoms with Crippen LogP contribution in [0.4, 0.5) is 5.69 Å². The number of nitrogens with two attached hydrogens (primary N) is 1. The molecule has 1 heterocycles. The summed E-state index contributed by atoms with van der Waals surface area (Å²) in [5, 5.41) is 0. The number of hydrogen-bond donors (Lipinski definition) is 1. The van der Waals surface area contributed by atoms with Gasteiger partial charge in [-0.1, -0.05) is 0 Å². The molecule has 18 heavy (non-hydrogen) atoms. The molecule has 0 fully saturated rings. The summed E-state index contributed by atoms with van der Waals surface area (Å²) in [4.78, 5) is 4.79. The second kappa shape index (κ2) is 5.95. The minimum atomic E-state index is -1.13. The van der Waals surface area contributed by atoms with Crippen molar-refractivity contribution in [2.24, 2.45) is 0 Å². The average molecular weight is 390 g/mol. The fraction of sp³-hybridized carbons (Fsp3) is 0.0833. The number of nitrogen functional groups attached to an aromatic ring is 1. The highest BCUT2D eigenvalue weighted by atomic mass is 79.9. The van der Waals surface area contributed by atoms with Crippen LogP contribution in [0.15, 0.2) is 50.5 Å². The first kappa shape index (κ1) is 13.7. The number of rotatable bonds is 3. The molecule has 94 valence electrons. The first-order valence-corrected chi connectivity index (χ1v) is 7.99. The summed E-state index contributed by atoms with van der Waals surface area (Å²) >= 11 is 6.72. The molecule has 0 aliphatic heterocycles. The first-order chi connectivity index (χ1) is 8.56. The van der Waals surface area contributed by atoms with Gasteiger partial charge in [0.1, 0.15) is 0 Å². The van der Waals surface area contributed by atoms with Crippen LogP contribution in [0.25, 0.3) is 0 Å². The maximum atomic E-state index is 12.3. The fourth-order valence-corrected chi connectivity index (χ4v) is 3.93. The zero-order valence-electron chi connectivity index (χ0n) is 9.27. The van der Waals surface area contributed by atoms with Crippen molar-refractivity contribution in [3.05, 3.63) is 51.2 Å². The Labute approximate surface area is 125 Å². The molecule has 0 spiro atoms. The third-order valence-corrected chi connectivity index (χ3v) is 5.05. The van der Waals surface area contributed by atoms with Gasteiger partial charge < -0.3 is 5.73 Å². The number of benzene rings is 1. The molecule has 2 rings (SSSR count). The third kappa shape index (κ3) is 3.40. The molecular weight excluding hydrogens is 380 g/mol. The van der Waals surface area contributed by atoms with E-state index < -0.39 is 10.8 Å². The predicted octanol–water partition coefficient (Wildman–Crippen LogP) is 3.50. The molecule has 1 aromatic carbocycles. The van der Waals surface area contributed by atoms with Gasteiger partial charge in [-0.25, -0.2) is 0 Å². The molecule has 0 saturated heterocycles. The number of aromatic nitrogens is 1. The number of pyridine rings is 1. The van der Waals surface area contributed by atoms with E-state index in [-0.39, 0.29) is 0 Å². The minimum absolute atomic E-state index is 0.426. The van der Waals surface area contributed by atoms with Crippen molar-refractivity contribution in [2.45, 2.75) is 10.6 Å². The smallest absolute Gasteiger partial charge is 0.0586 e. The van der Waals surface area contributed by atoms with Crippen molar-refractivity contribution in [1.29, 1.82) is 0 Å². The monoisotopic (exact) mass is 388 g/mol. The molecule has 0 radical (unpaired) electrons. The zero-order chi connectivity index (χ0) is 13.1. The molecule has 2 aromatic rings. The zero-order valence-corrected chi connectivity index (χ0v) is 13.3. The molecule has 0 amide bonds. The molecular formula is C12H10Br2N2OS. The summed E-state index contributed by atoms with van der Waals surface area (Å²) in [5.74, 6) is 0.426. The Morgan fingerprint density at radius 2 is 2.00 bits per heavy atom. The molecule has 1 atom stereocenters. The van der Waals surface area contributed by atoms with Gasteiger partial charge in [0, 0.05) is 27.0 Å². The van der Waals surface area contributed by atoms with Crippen LogP contribution in [-0.2, 0) is 16.6 Å². The van der Waals surface area contributed by atoms with Gasteiger partial charge in [-0.2, -0.15) is 0 Å². The van der Waals surface area contributed by atoms with E-state index in [0.717, 1.165) is 19.4 Å². The number of nitrogens with zero attached hydrogens (tertiary/aromatic N) is 1. The van der Waals surface area contributed by atoms with Gasteiger partial charge in [0.25, 0.3) is 0 Å². The molecule has 0 saturated carbocycles. The van der Waals surface area contributed by atoms with Crippen LogP contribution in [0.2, 0.25) is 0 Å². The minimum Gasteiger partial charge on any atom is -0.399 e. The van der Waals surface area contributed by atoms with Gasteiger partial charge in [0.2, 0.25) is 0 Å². The maximum absolute atomic E-state index is 12.3. The molecule has 1 unspecified atom stereocenters. The van der Waals surface area contributed by atoms with Crippen molar-refractivity contribution < 1.29 is 4.21 Å². The molecule has 0 bridgehead atoms. The molecule has 2 N–H and O–H groups in total. The highest BCUT2D eigenvalue weighted by Crippen LogP contribution is 2.25. The van der Waals surface area contributed by atoms with Gasteiger partial charge in [-0.05, 0) is 61.7 Å². The third-order valence-electron chi connectivity index (χ3n) is 2.26. The van der Waals surface area contributed by atoms with Gasteiger partial charge in [-0.3, -0.25) is 9.19 Å². The van der Waals surface area contributed by atoms with E-state index in [9.17, 15) is 4.21 Å². The summed E-state index contributed by atoms with van der Waals surface area (Å²) in [7, 11) is -1.13. The topological polar surface area (TPSA) is 56.0 Å². The van der Waals surface area contributed by atoms with Crippen LogP contribution in [0, 0.1) is 0 Å². The van der Waals surface area contributed by atoms with Crippen LogP contribution < -0.4 is 5.73 Å². The fourth-order valence-electron chi connectivity index (χ4n) is 1.47. The highest BCUT2D eigenvalue weighted by Gasteiger charge is 2.10. The quantitative estimate of drug-likeness (QED) is 0.817. The maximum Gasteiger partial charge on any atom is 0.0586 e. The SMILES string of the molecule is Nc1ccc(S(=O)Cc2cncc(Br)c2)c(Br)c1. The van der Waals surface area contributed by atoms with Crippen molar-refractivity contribution >= 4 is 48.3 Å². The number of hydrogen-bond acceptors (Lipinski definition) is 3. The summed E-state index contributed by atoms with van der Waals surface area (Å²) < 4.78 is 13.9. The molecule has 0 aliphatic rings. The molecule has 0 aliphatic carbocycles. The lowest BCUT2D eigenvalue weighted by Gasteiger charge is -2.06. The van der Waals surface area contributed by atoms with E-state index >= 15 is 0 Å². The van der Waals surface area contributed by atoms with E-state index in [2.05, 4.69) is 36.8 Å². The Kier molecular flexibility index (Phi) is 4.53. The van der Waals surface area contributed by atoms with Crippen molar-refractivity contribution in [3.63, 3.8) is 0 Å². The highest BCUT2D eigenvalue weighted by molar-refractivity contribution is 9.10. The lowest BCUT2D eigenvalue weighted by Crippen LogP contribution is -1.99. The van der Waals surface area contributed by atoms with Gasteiger partial charge in [0.05, 0.1) is 21.4 Å². The standard InChI is InChI=1S/C12H10Br2N2OS/c13-9-3-8(5-16-6-9)7-18(17)12-2-1-10(15)4-11(12)14/h1-6H,7,15H2. The van der Waals surface area contributed by atoms with Crippen LogP contribution in [-0.4, -0.2) is 9.19 Å². The Hall–Kier alpha value is -0.720. The first-order valence-electron chi connectivity index (χ1n) is 5.09. The summed E-state index contributed by atoms with van der Waals surface area (Å²) in [6, 6.07) is 7.20. The summed E-state index contributed by atoms with van der Waals surface area (Å²) in [5.41, 5.74) is 7.22. The Morgan fingerprint density at radius 1 is 1.22 bits per heavy atom. The van der Waals surface area contributed by atoms with Crippen LogP contribution in [0.1, 0.15) is 5.56 Å². The second-order valence-corrected chi connectivity index (χ2v) is 6.88. The predicted molar refractivity (Wildman–Crippen MR) is 80.6 cm³/mol. The van der Waals surface area contributed by atoms with Gasteiger partial charge in [-0.15, -0.1) is 0 Å². The largest absolute Gasteiger partial charge is 0.399 e. The Morgan fingerprint density at radius 3 is 2.67 bits per heavy atom. The lowest BCUT2D eigenvalue weighted by molar-refractivity contribution is 0.682. The van der Waals surface area contributed by atoms with Gasteiger partial charge in [0.15, 0.2) is 0 Å². The molecule has 1 aromatic heterocycles. The van der Waals surface area contributed by atoms with E-state index in [1.807, 2.05) is 6.07 Å². The van der Waals surface area contributed by atoms with Crippen molar-refractivity contribution in [1.82, 2.24) is 4.98 Å². The Balaban J connectivity index is 2.22. The number of halogens is 2. The van der Waals surface area contributed by atoms with Crippen LogP contribution in [0.3, 0.4) is 0 Å². The van der Waals surface area contributed by atoms with E-state index in [1.54, 1.807) is 30.6 Å². The van der Waals surface area contributed by atoms with E-state index in [0.29, 0.717) is 11.4 Å². The van der Waals surface area contributed by atoms with E-state index in [1.165, 1.54) is 0 Å². The summed E-state index contributed by atoms with van der Waals surface area (Å²) in [6.45, 7) is 0. The molecule has 3 nitrogen and oxygen atoms in total. The van der Waals surface area contributed by atoms with E-state index in [4.69, 9.17) is 5.73 Å².